The van der Waals surface area contributed by atoms with E-state index in [-0.39, 0.29) is 26.4 Å². The fraction of sp³-hybridized carbons (Fsp3) is 0.423. The van der Waals surface area contributed by atoms with Crippen LogP contribution in [0.15, 0.2) is 60.7 Å². The molecule has 214 valence electrons. The molecule has 0 N–H and O–H groups in total. The van der Waals surface area contributed by atoms with E-state index in [1.54, 1.807) is 48.5 Å². The molecule has 0 heterocycles. The average molecular weight is 631 g/mol. The number of hydrogen-bond donors (Lipinski definition) is 0. The van der Waals surface area contributed by atoms with Crippen molar-refractivity contribution in [3.05, 3.63) is 71.8 Å². The van der Waals surface area contributed by atoms with Crippen LogP contribution in [0.5, 0.6) is 0 Å². The standard InChI is InChI=1S/C26H32BrO11P/c1-19(28)32-16-24(37-21(3)30)25(38-26(27)18-33-20(2)29)17-36-39(31,34-14-22-10-6-4-7-11-22)35-15-23-12-8-5-9-13-23/h4-13,24-26H,14-18H2,1-3H3/t24-,25?,26-/m0/s1. The van der Waals surface area contributed by atoms with Crippen LogP contribution in [-0.4, -0.2) is 54.9 Å². The van der Waals surface area contributed by atoms with Crippen molar-refractivity contribution in [2.75, 3.05) is 19.8 Å². The lowest BCUT2D eigenvalue weighted by molar-refractivity contribution is -0.172. The Morgan fingerprint density at radius 2 is 1.18 bits per heavy atom. The number of hydrogen-bond acceptors (Lipinski definition) is 11. The van der Waals surface area contributed by atoms with Crippen molar-refractivity contribution >= 4 is 41.7 Å². The summed E-state index contributed by atoms with van der Waals surface area (Å²) in [7, 11) is -4.22. The molecule has 2 rings (SSSR count). The van der Waals surface area contributed by atoms with E-state index in [1.807, 2.05) is 12.1 Å². The number of rotatable bonds is 17. The molecule has 2 aromatic carbocycles. The van der Waals surface area contributed by atoms with Crippen molar-refractivity contribution < 1.29 is 51.5 Å². The SMILES string of the molecule is CC(=O)OC[C@@H](Br)OC(COP(=O)(OCc1ccccc1)OCc1ccccc1)[C@H](COC(C)=O)OC(C)=O. The lowest BCUT2D eigenvalue weighted by Gasteiger charge is -2.29. The predicted octanol–water partition coefficient (Wildman–Crippen LogP) is 4.71. The highest BCUT2D eigenvalue weighted by molar-refractivity contribution is 9.09. The Kier molecular flexibility index (Phi) is 14.4. The number of carbonyl (C=O) groups excluding carboxylic acids is 3. The van der Waals surface area contributed by atoms with Gasteiger partial charge in [-0.3, -0.25) is 28.0 Å². The maximum atomic E-state index is 13.7. The first-order chi connectivity index (χ1) is 18.6. The number of phosphoric ester groups is 1. The summed E-state index contributed by atoms with van der Waals surface area (Å²) in [5.41, 5.74) is 1.46. The van der Waals surface area contributed by atoms with Crippen LogP contribution in [0.4, 0.5) is 0 Å². The second kappa shape index (κ2) is 17.2. The first-order valence-electron chi connectivity index (χ1n) is 11.9. The Morgan fingerprint density at radius 3 is 1.64 bits per heavy atom. The van der Waals surface area contributed by atoms with Crippen LogP contribution in [0, 0.1) is 0 Å². The minimum atomic E-state index is -4.22. The zero-order chi connectivity index (χ0) is 28.7. The third-order valence-corrected chi connectivity index (χ3v) is 6.62. The molecule has 0 aliphatic rings. The topological polar surface area (TPSA) is 133 Å². The third-order valence-electron chi connectivity index (χ3n) is 4.78. The van der Waals surface area contributed by atoms with E-state index >= 15 is 0 Å². The number of ether oxygens (including phenoxy) is 4. The fourth-order valence-corrected chi connectivity index (χ4v) is 4.59. The van der Waals surface area contributed by atoms with Gasteiger partial charge in [-0.15, -0.1) is 0 Å². The molecule has 0 amide bonds. The molecule has 0 bridgehead atoms. The second-order valence-corrected chi connectivity index (χ2v) is 10.8. The van der Waals surface area contributed by atoms with Crippen molar-refractivity contribution in [1.82, 2.24) is 0 Å². The largest absolute Gasteiger partial charge is 0.475 e. The molecule has 0 radical (unpaired) electrons. The van der Waals surface area contributed by atoms with Gasteiger partial charge in [-0.2, -0.15) is 0 Å². The molecule has 2 aromatic rings. The normalized spacial score (nSPS) is 13.6. The van der Waals surface area contributed by atoms with Crippen molar-refractivity contribution in [3.8, 4) is 0 Å². The van der Waals surface area contributed by atoms with E-state index in [4.69, 9.17) is 32.5 Å². The molecular weight excluding hydrogens is 599 g/mol. The lowest BCUT2D eigenvalue weighted by atomic mass is 10.2. The van der Waals surface area contributed by atoms with Crippen LogP contribution in [0.25, 0.3) is 0 Å². The van der Waals surface area contributed by atoms with Crippen LogP contribution in [-0.2, 0) is 64.7 Å². The zero-order valence-corrected chi connectivity index (χ0v) is 24.3. The van der Waals surface area contributed by atoms with Gasteiger partial charge in [0.2, 0.25) is 0 Å². The van der Waals surface area contributed by atoms with Gasteiger partial charge in [-0.25, -0.2) is 4.57 Å². The Bertz CT molecular complexity index is 1040. The van der Waals surface area contributed by atoms with Crippen molar-refractivity contribution in [3.63, 3.8) is 0 Å². The van der Waals surface area contributed by atoms with Crippen LogP contribution >= 0.6 is 23.8 Å². The van der Waals surface area contributed by atoms with Crippen molar-refractivity contribution in [2.45, 2.75) is 51.2 Å². The summed E-state index contributed by atoms with van der Waals surface area (Å²) in [6, 6.07) is 18.0. The number of esters is 3. The summed E-state index contributed by atoms with van der Waals surface area (Å²) in [4.78, 5) is 34.4. The van der Waals surface area contributed by atoms with Gasteiger partial charge >= 0.3 is 25.7 Å². The summed E-state index contributed by atoms with van der Waals surface area (Å²) in [6.45, 7) is 2.39. The predicted molar refractivity (Wildman–Crippen MR) is 142 cm³/mol. The van der Waals surface area contributed by atoms with Crippen LogP contribution in [0.1, 0.15) is 31.9 Å². The minimum absolute atomic E-state index is 0.0766. The number of carbonyl (C=O) groups is 3. The number of halogens is 1. The number of alkyl halides is 1. The van der Waals surface area contributed by atoms with E-state index in [1.165, 1.54) is 20.8 Å². The molecule has 1 unspecified atom stereocenters. The molecule has 0 fully saturated rings. The Morgan fingerprint density at radius 1 is 0.692 bits per heavy atom. The zero-order valence-electron chi connectivity index (χ0n) is 21.9. The molecule has 0 spiro atoms. The van der Waals surface area contributed by atoms with Gasteiger partial charge in [0.25, 0.3) is 0 Å². The van der Waals surface area contributed by atoms with Gasteiger partial charge in [0.05, 0.1) is 19.8 Å². The molecule has 0 aromatic heterocycles. The van der Waals surface area contributed by atoms with E-state index in [0.29, 0.717) is 0 Å². The summed E-state index contributed by atoms with van der Waals surface area (Å²) in [5, 5.41) is -0.875. The maximum Gasteiger partial charge on any atom is 0.475 e. The quantitative estimate of drug-likeness (QED) is 0.104. The van der Waals surface area contributed by atoms with E-state index in [9.17, 15) is 18.9 Å². The maximum absolute atomic E-state index is 13.7. The van der Waals surface area contributed by atoms with Crippen LogP contribution in [0.3, 0.4) is 0 Å². The van der Waals surface area contributed by atoms with Crippen molar-refractivity contribution in [2.24, 2.45) is 0 Å². The Balaban J connectivity index is 2.23. The molecular formula is C26H32BrO11P. The third kappa shape index (κ3) is 13.8. The molecule has 0 saturated carbocycles. The van der Waals surface area contributed by atoms with Gasteiger partial charge in [0.15, 0.2) is 6.10 Å². The molecule has 0 aliphatic carbocycles. The molecule has 0 aliphatic heterocycles. The highest BCUT2D eigenvalue weighted by Crippen LogP contribution is 2.51. The van der Waals surface area contributed by atoms with E-state index in [0.717, 1.165) is 11.1 Å². The monoisotopic (exact) mass is 630 g/mol. The summed E-state index contributed by atoms with van der Waals surface area (Å²) < 4.78 is 51.6. The summed E-state index contributed by atoms with van der Waals surface area (Å²) >= 11 is 3.23. The lowest BCUT2D eigenvalue weighted by Crippen LogP contribution is -2.42. The summed E-state index contributed by atoms with van der Waals surface area (Å²) in [5.74, 6) is -1.85. The van der Waals surface area contributed by atoms with E-state index < -0.39 is 49.6 Å². The highest BCUT2D eigenvalue weighted by atomic mass is 79.9. The molecule has 3 atom stereocenters. The number of benzene rings is 2. The van der Waals surface area contributed by atoms with Crippen molar-refractivity contribution in [1.29, 1.82) is 0 Å². The van der Waals surface area contributed by atoms with Gasteiger partial charge < -0.3 is 18.9 Å². The van der Waals surface area contributed by atoms with Gasteiger partial charge in [-0.05, 0) is 11.1 Å². The fourth-order valence-electron chi connectivity index (χ4n) is 3.01. The molecule has 0 saturated heterocycles. The molecule has 11 nitrogen and oxygen atoms in total. The first-order valence-corrected chi connectivity index (χ1v) is 14.3. The summed E-state index contributed by atoms with van der Waals surface area (Å²) in [6.07, 6.45) is -2.32. The first kappa shape index (κ1) is 32.6. The van der Waals surface area contributed by atoms with Crippen LogP contribution < -0.4 is 0 Å². The number of phosphoric acid groups is 1. The Labute approximate surface area is 235 Å². The van der Waals surface area contributed by atoms with Gasteiger partial charge in [0, 0.05) is 20.8 Å². The van der Waals surface area contributed by atoms with Gasteiger partial charge in [0.1, 0.15) is 24.3 Å². The smallest absolute Gasteiger partial charge is 0.462 e. The molecule has 39 heavy (non-hydrogen) atoms. The molecule has 13 heteroatoms. The Hall–Kier alpha value is -2.60. The highest BCUT2D eigenvalue weighted by Gasteiger charge is 2.35. The van der Waals surface area contributed by atoms with Gasteiger partial charge in [-0.1, -0.05) is 76.6 Å². The second-order valence-electron chi connectivity index (χ2n) is 8.10. The van der Waals surface area contributed by atoms with E-state index in [2.05, 4.69) is 15.9 Å². The minimum Gasteiger partial charge on any atom is -0.462 e. The average Bonchev–Trinajstić information content (AvgIpc) is 2.91. The van der Waals surface area contributed by atoms with Crippen LogP contribution in [0.2, 0.25) is 0 Å².